The van der Waals surface area contributed by atoms with Gasteiger partial charge in [0.2, 0.25) is 0 Å². The fourth-order valence-corrected chi connectivity index (χ4v) is 1.48. The Morgan fingerprint density at radius 3 is 3.00 bits per heavy atom. The Bertz CT molecular complexity index is 306. The van der Waals surface area contributed by atoms with Gasteiger partial charge >= 0.3 is 0 Å². The van der Waals surface area contributed by atoms with Crippen molar-refractivity contribution in [3.8, 4) is 0 Å². The van der Waals surface area contributed by atoms with Crippen LogP contribution < -0.4 is 11.3 Å². The summed E-state index contributed by atoms with van der Waals surface area (Å²) in [6.07, 6.45) is 1.76. The lowest BCUT2D eigenvalue weighted by Gasteiger charge is -2.20. The van der Waals surface area contributed by atoms with Crippen LogP contribution in [-0.2, 0) is 11.3 Å². The van der Waals surface area contributed by atoms with E-state index >= 15 is 0 Å². The van der Waals surface area contributed by atoms with E-state index in [2.05, 4.69) is 22.2 Å². The minimum absolute atomic E-state index is 0.695. The first kappa shape index (κ1) is 12.9. The average molecular weight is 224 g/mol. The lowest BCUT2D eigenvalue weighted by Crippen LogP contribution is -2.26. The SMILES string of the molecule is CCN(CCOC)Cc1ccnc(NN)c1. The van der Waals surface area contributed by atoms with Crippen LogP contribution in [0.25, 0.3) is 0 Å². The third-order valence-corrected chi connectivity index (χ3v) is 2.44. The average Bonchev–Trinajstić information content (AvgIpc) is 2.34. The Morgan fingerprint density at radius 2 is 2.38 bits per heavy atom. The Balaban J connectivity index is 2.55. The molecule has 90 valence electrons. The molecule has 1 aromatic heterocycles. The number of rotatable bonds is 7. The first-order chi connectivity index (χ1) is 7.80. The smallest absolute Gasteiger partial charge is 0.140 e. The lowest BCUT2D eigenvalue weighted by molar-refractivity contribution is 0.147. The van der Waals surface area contributed by atoms with Crippen LogP contribution in [0.1, 0.15) is 12.5 Å². The van der Waals surface area contributed by atoms with Crippen molar-refractivity contribution in [1.82, 2.24) is 9.88 Å². The van der Waals surface area contributed by atoms with Crippen molar-refractivity contribution in [2.45, 2.75) is 13.5 Å². The molecule has 0 fully saturated rings. The third-order valence-electron chi connectivity index (χ3n) is 2.44. The molecule has 1 aromatic rings. The number of aromatic nitrogens is 1. The Labute approximate surface area is 96.6 Å². The zero-order chi connectivity index (χ0) is 11.8. The summed E-state index contributed by atoms with van der Waals surface area (Å²) in [5, 5.41) is 0. The van der Waals surface area contributed by atoms with E-state index in [9.17, 15) is 0 Å². The van der Waals surface area contributed by atoms with Crippen LogP contribution in [0.15, 0.2) is 18.3 Å². The summed E-state index contributed by atoms with van der Waals surface area (Å²) in [4.78, 5) is 6.38. The first-order valence-electron chi connectivity index (χ1n) is 5.43. The topological polar surface area (TPSA) is 63.4 Å². The number of pyridine rings is 1. The van der Waals surface area contributed by atoms with Gasteiger partial charge in [-0.2, -0.15) is 0 Å². The summed E-state index contributed by atoms with van der Waals surface area (Å²) in [5.74, 6) is 6.01. The van der Waals surface area contributed by atoms with E-state index < -0.39 is 0 Å². The second kappa shape index (κ2) is 7.16. The van der Waals surface area contributed by atoms with Gasteiger partial charge in [0.1, 0.15) is 5.82 Å². The number of methoxy groups -OCH3 is 1. The van der Waals surface area contributed by atoms with Gasteiger partial charge in [-0.15, -0.1) is 0 Å². The molecule has 0 saturated heterocycles. The molecular formula is C11H20N4O. The van der Waals surface area contributed by atoms with Crippen LogP contribution in [0.2, 0.25) is 0 Å². The molecule has 0 amide bonds. The molecule has 0 aliphatic carbocycles. The largest absolute Gasteiger partial charge is 0.383 e. The molecule has 1 rings (SSSR count). The summed E-state index contributed by atoms with van der Waals surface area (Å²) in [6.45, 7) is 5.70. The molecule has 1 heterocycles. The van der Waals surface area contributed by atoms with Crippen molar-refractivity contribution in [1.29, 1.82) is 0 Å². The zero-order valence-electron chi connectivity index (χ0n) is 9.94. The van der Waals surface area contributed by atoms with Gasteiger partial charge in [0.05, 0.1) is 6.61 Å². The number of likely N-dealkylation sites (N-methyl/N-ethyl adjacent to an activating group) is 1. The predicted octanol–water partition coefficient (Wildman–Crippen LogP) is 0.836. The molecular weight excluding hydrogens is 204 g/mol. The molecule has 0 saturated carbocycles. The summed E-state index contributed by atoms with van der Waals surface area (Å²) in [7, 11) is 1.72. The second-order valence-electron chi connectivity index (χ2n) is 3.56. The van der Waals surface area contributed by atoms with E-state index in [0.29, 0.717) is 5.82 Å². The Kier molecular flexibility index (Phi) is 5.77. The highest BCUT2D eigenvalue weighted by Gasteiger charge is 2.04. The van der Waals surface area contributed by atoms with Crippen molar-refractivity contribution < 1.29 is 4.74 Å². The van der Waals surface area contributed by atoms with Gasteiger partial charge in [0, 0.05) is 26.4 Å². The number of hydrogen-bond acceptors (Lipinski definition) is 5. The molecule has 5 heteroatoms. The van der Waals surface area contributed by atoms with Crippen LogP contribution >= 0.6 is 0 Å². The molecule has 0 aliphatic heterocycles. The molecule has 0 atom stereocenters. The highest BCUT2D eigenvalue weighted by molar-refractivity contribution is 5.35. The van der Waals surface area contributed by atoms with Gasteiger partial charge in [0.15, 0.2) is 0 Å². The fourth-order valence-electron chi connectivity index (χ4n) is 1.48. The van der Waals surface area contributed by atoms with Crippen LogP contribution in [0, 0.1) is 0 Å². The van der Waals surface area contributed by atoms with Gasteiger partial charge in [-0.1, -0.05) is 6.92 Å². The zero-order valence-corrected chi connectivity index (χ0v) is 9.94. The van der Waals surface area contributed by atoms with Crippen molar-refractivity contribution in [2.24, 2.45) is 5.84 Å². The Morgan fingerprint density at radius 1 is 1.56 bits per heavy atom. The highest BCUT2D eigenvalue weighted by Crippen LogP contribution is 2.08. The van der Waals surface area contributed by atoms with E-state index in [0.717, 1.165) is 26.2 Å². The van der Waals surface area contributed by atoms with Crippen molar-refractivity contribution in [3.05, 3.63) is 23.9 Å². The van der Waals surface area contributed by atoms with Gasteiger partial charge in [-0.3, -0.25) is 4.90 Å². The minimum Gasteiger partial charge on any atom is -0.383 e. The van der Waals surface area contributed by atoms with E-state index in [1.165, 1.54) is 5.56 Å². The van der Waals surface area contributed by atoms with Gasteiger partial charge in [-0.25, -0.2) is 10.8 Å². The van der Waals surface area contributed by atoms with Gasteiger partial charge in [0.25, 0.3) is 0 Å². The summed E-state index contributed by atoms with van der Waals surface area (Å²) in [5.41, 5.74) is 3.74. The number of anilines is 1. The predicted molar refractivity (Wildman–Crippen MR) is 64.9 cm³/mol. The van der Waals surface area contributed by atoms with Crippen molar-refractivity contribution >= 4 is 5.82 Å². The fraction of sp³-hybridized carbons (Fsp3) is 0.545. The number of nitrogens with two attached hydrogens (primary N) is 1. The standard InChI is InChI=1S/C11H20N4O/c1-3-15(6-7-16-2)9-10-4-5-13-11(8-10)14-12/h4-5,8H,3,6-7,9,12H2,1-2H3,(H,13,14). The molecule has 0 radical (unpaired) electrons. The minimum atomic E-state index is 0.695. The van der Waals surface area contributed by atoms with Crippen LogP contribution in [0.4, 0.5) is 5.82 Å². The number of nitrogen functional groups attached to an aromatic ring is 1. The van der Waals surface area contributed by atoms with E-state index in [4.69, 9.17) is 10.6 Å². The van der Waals surface area contributed by atoms with Gasteiger partial charge in [-0.05, 0) is 24.2 Å². The molecule has 3 N–H and O–H groups in total. The van der Waals surface area contributed by atoms with Crippen molar-refractivity contribution in [3.63, 3.8) is 0 Å². The van der Waals surface area contributed by atoms with Crippen LogP contribution in [0.3, 0.4) is 0 Å². The molecule has 16 heavy (non-hydrogen) atoms. The number of ether oxygens (including phenoxy) is 1. The summed E-state index contributed by atoms with van der Waals surface area (Å²) in [6, 6.07) is 3.95. The molecule has 0 aliphatic rings. The molecule has 0 unspecified atom stereocenters. The number of nitrogens with one attached hydrogen (secondary N) is 1. The Hall–Kier alpha value is -1.17. The maximum absolute atomic E-state index is 5.32. The van der Waals surface area contributed by atoms with Crippen LogP contribution in [0.5, 0.6) is 0 Å². The second-order valence-corrected chi connectivity index (χ2v) is 3.56. The maximum atomic E-state index is 5.32. The summed E-state index contributed by atoms with van der Waals surface area (Å²) >= 11 is 0. The summed E-state index contributed by atoms with van der Waals surface area (Å²) < 4.78 is 5.07. The normalized spacial score (nSPS) is 10.8. The van der Waals surface area contributed by atoms with Crippen LogP contribution in [-0.4, -0.2) is 36.7 Å². The number of nitrogens with zero attached hydrogens (tertiary/aromatic N) is 2. The van der Waals surface area contributed by atoms with E-state index in [1.807, 2.05) is 12.1 Å². The quantitative estimate of drug-likeness (QED) is 0.530. The van der Waals surface area contributed by atoms with Crippen molar-refractivity contribution in [2.75, 3.05) is 32.2 Å². The number of hydrogen-bond donors (Lipinski definition) is 2. The lowest BCUT2D eigenvalue weighted by atomic mass is 10.2. The maximum Gasteiger partial charge on any atom is 0.140 e. The van der Waals surface area contributed by atoms with E-state index in [-0.39, 0.29) is 0 Å². The molecule has 5 nitrogen and oxygen atoms in total. The molecule has 0 bridgehead atoms. The number of hydrazine groups is 1. The highest BCUT2D eigenvalue weighted by atomic mass is 16.5. The first-order valence-corrected chi connectivity index (χ1v) is 5.43. The third kappa shape index (κ3) is 4.14. The molecule has 0 aromatic carbocycles. The molecule has 0 spiro atoms. The van der Waals surface area contributed by atoms with E-state index in [1.54, 1.807) is 13.3 Å². The van der Waals surface area contributed by atoms with Gasteiger partial charge < -0.3 is 10.2 Å². The monoisotopic (exact) mass is 224 g/mol.